The number of hydrogen-bond donors (Lipinski definition) is 1. The van der Waals surface area contributed by atoms with Crippen LogP contribution < -0.4 is 5.32 Å². The number of esters is 1. The number of rotatable bonds is 6. The van der Waals surface area contributed by atoms with Gasteiger partial charge in [-0.05, 0) is 38.1 Å². The van der Waals surface area contributed by atoms with E-state index in [9.17, 15) is 4.79 Å². The molecule has 1 aromatic carbocycles. The van der Waals surface area contributed by atoms with E-state index < -0.39 is 11.6 Å². The molecule has 5 heteroatoms. The first-order valence-corrected chi connectivity index (χ1v) is 6.41. The number of carbonyl (C=O) groups excluding carboxylic acids is 1. The highest BCUT2D eigenvalue weighted by Crippen LogP contribution is 2.21. The summed E-state index contributed by atoms with van der Waals surface area (Å²) in [7, 11) is 3.00. The second-order valence-corrected chi connectivity index (χ2v) is 5.33. The maximum absolute atomic E-state index is 11.8. The summed E-state index contributed by atoms with van der Waals surface area (Å²) in [6.45, 7) is 3.85. The summed E-state index contributed by atoms with van der Waals surface area (Å²) >= 11 is 5.83. The van der Waals surface area contributed by atoms with Gasteiger partial charge in [0.1, 0.15) is 6.04 Å². The average Bonchev–Trinajstić information content (AvgIpc) is 2.39. The first-order valence-electron chi connectivity index (χ1n) is 6.03. The lowest BCUT2D eigenvalue weighted by atomic mass is 9.98. The fraction of sp³-hybridized carbons (Fsp3) is 0.500. The highest BCUT2D eigenvalue weighted by Gasteiger charge is 2.28. The summed E-state index contributed by atoms with van der Waals surface area (Å²) in [6.07, 6.45) is 0.499. The van der Waals surface area contributed by atoms with E-state index in [1.54, 1.807) is 19.2 Å². The molecule has 19 heavy (non-hydrogen) atoms. The van der Waals surface area contributed by atoms with Crippen molar-refractivity contribution in [2.75, 3.05) is 19.5 Å². The third-order valence-electron chi connectivity index (χ3n) is 2.92. The van der Waals surface area contributed by atoms with Crippen LogP contribution in [0.4, 0.5) is 5.69 Å². The van der Waals surface area contributed by atoms with Crippen LogP contribution in [0, 0.1) is 0 Å². The van der Waals surface area contributed by atoms with Gasteiger partial charge in [0, 0.05) is 24.2 Å². The van der Waals surface area contributed by atoms with Crippen LogP contribution in [0.3, 0.4) is 0 Å². The lowest BCUT2D eigenvalue weighted by Crippen LogP contribution is -2.39. The first kappa shape index (κ1) is 15.8. The minimum atomic E-state index is -0.471. The fourth-order valence-electron chi connectivity index (χ4n) is 1.66. The summed E-state index contributed by atoms with van der Waals surface area (Å²) in [4.78, 5) is 11.8. The number of hydrogen-bond acceptors (Lipinski definition) is 4. The van der Waals surface area contributed by atoms with Crippen molar-refractivity contribution in [1.82, 2.24) is 0 Å². The molecule has 0 aromatic heterocycles. The largest absolute Gasteiger partial charge is 0.467 e. The maximum atomic E-state index is 11.8. The Bertz CT molecular complexity index is 417. The summed E-state index contributed by atoms with van der Waals surface area (Å²) < 4.78 is 10.2. The Morgan fingerprint density at radius 2 is 1.89 bits per heavy atom. The van der Waals surface area contributed by atoms with Gasteiger partial charge in [0.15, 0.2) is 0 Å². The van der Waals surface area contributed by atoms with Gasteiger partial charge in [-0.25, -0.2) is 4.79 Å². The number of nitrogens with one attached hydrogen (secondary N) is 1. The molecule has 1 atom stereocenters. The zero-order valence-corrected chi connectivity index (χ0v) is 12.5. The zero-order valence-electron chi connectivity index (χ0n) is 11.7. The van der Waals surface area contributed by atoms with Crippen molar-refractivity contribution < 1.29 is 14.3 Å². The smallest absolute Gasteiger partial charge is 0.328 e. The molecule has 0 amide bonds. The summed E-state index contributed by atoms with van der Waals surface area (Å²) in [6, 6.07) is 6.69. The van der Waals surface area contributed by atoms with Crippen molar-refractivity contribution in [3.63, 3.8) is 0 Å². The Kier molecular flexibility index (Phi) is 5.63. The molecule has 0 spiro atoms. The normalized spacial score (nSPS) is 12.9. The molecule has 1 rings (SSSR count). The predicted molar refractivity (Wildman–Crippen MR) is 76.6 cm³/mol. The number of ether oxygens (including phenoxy) is 2. The van der Waals surface area contributed by atoms with Gasteiger partial charge in [0.2, 0.25) is 0 Å². The molecule has 0 saturated heterocycles. The number of halogens is 1. The van der Waals surface area contributed by atoms with Crippen molar-refractivity contribution in [2.45, 2.75) is 31.9 Å². The molecule has 1 aromatic rings. The SMILES string of the molecule is COC(=O)C(CC(C)(C)OC)Nc1ccc(Cl)cc1. The standard InChI is InChI=1S/C14H20ClNO3/c1-14(2,19-4)9-12(13(17)18-3)16-11-7-5-10(15)6-8-11/h5-8,12,16H,9H2,1-4H3. The quantitative estimate of drug-likeness (QED) is 0.816. The number of anilines is 1. The fourth-order valence-corrected chi connectivity index (χ4v) is 1.78. The van der Waals surface area contributed by atoms with E-state index in [2.05, 4.69) is 5.32 Å². The zero-order chi connectivity index (χ0) is 14.5. The summed E-state index contributed by atoms with van der Waals surface area (Å²) in [5.41, 5.74) is 0.393. The molecule has 106 valence electrons. The summed E-state index contributed by atoms with van der Waals surface area (Å²) in [5, 5.41) is 3.78. The molecule has 0 heterocycles. The molecule has 1 N–H and O–H groups in total. The lowest BCUT2D eigenvalue weighted by Gasteiger charge is -2.28. The Morgan fingerprint density at radius 3 is 2.37 bits per heavy atom. The highest BCUT2D eigenvalue weighted by molar-refractivity contribution is 6.30. The molecule has 0 aliphatic carbocycles. The van der Waals surface area contributed by atoms with E-state index >= 15 is 0 Å². The molecule has 0 saturated carbocycles. The molecular weight excluding hydrogens is 266 g/mol. The monoisotopic (exact) mass is 285 g/mol. The minimum absolute atomic E-state index is 0.319. The Balaban J connectivity index is 2.80. The molecule has 0 radical (unpaired) electrons. The predicted octanol–water partition coefficient (Wildman–Crippen LogP) is 3.11. The first-order chi connectivity index (χ1) is 8.88. The van der Waals surface area contributed by atoms with Gasteiger partial charge in [0.05, 0.1) is 12.7 Å². The third-order valence-corrected chi connectivity index (χ3v) is 3.17. The molecule has 4 nitrogen and oxygen atoms in total. The second kappa shape index (κ2) is 6.78. The molecule has 0 fully saturated rings. The molecule has 0 aliphatic rings. The van der Waals surface area contributed by atoms with Gasteiger partial charge in [-0.15, -0.1) is 0 Å². The maximum Gasteiger partial charge on any atom is 0.328 e. The van der Waals surface area contributed by atoms with Crippen molar-refractivity contribution in [3.8, 4) is 0 Å². The Hall–Kier alpha value is -1.26. The van der Waals surface area contributed by atoms with Crippen LogP contribution in [-0.2, 0) is 14.3 Å². The van der Waals surface area contributed by atoms with E-state index in [0.29, 0.717) is 11.4 Å². The van der Waals surface area contributed by atoms with Crippen LogP contribution in [-0.4, -0.2) is 31.8 Å². The Labute approximate surface area is 119 Å². The highest BCUT2D eigenvalue weighted by atomic mass is 35.5. The van der Waals surface area contributed by atoms with Gasteiger partial charge >= 0.3 is 5.97 Å². The van der Waals surface area contributed by atoms with Crippen molar-refractivity contribution in [3.05, 3.63) is 29.3 Å². The molecule has 1 unspecified atom stereocenters. The Morgan fingerprint density at radius 1 is 1.32 bits per heavy atom. The van der Waals surface area contributed by atoms with Crippen molar-refractivity contribution in [2.24, 2.45) is 0 Å². The second-order valence-electron chi connectivity index (χ2n) is 4.89. The topological polar surface area (TPSA) is 47.6 Å². The van der Waals surface area contributed by atoms with Gasteiger partial charge in [-0.1, -0.05) is 11.6 Å². The van der Waals surface area contributed by atoms with Gasteiger partial charge in [0.25, 0.3) is 0 Å². The van der Waals surface area contributed by atoms with Crippen LogP contribution >= 0.6 is 11.6 Å². The van der Waals surface area contributed by atoms with E-state index in [4.69, 9.17) is 21.1 Å². The molecule has 0 aliphatic heterocycles. The van der Waals surface area contributed by atoms with Crippen molar-refractivity contribution >= 4 is 23.3 Å². The van der Waals surface area contributed by atoms with Crippen LogP contribution in [0.5, 0.6) is 0 Å². The molecule has 0 bridgehead atoms. The van der Waals surface area contributed by atoms with Crippen LogP contribution in [0.15, 0.2) is 24.3 Å². The number of carbonyl (C=O) groups is 1. The lowest BCUT2D eigenvalue weighted by molar-refractivity contribution is -0.143. The summed E-state index contributed by atoms with van der Waals surface area (Å²) in [5.74, 6) is -0.319. The van der Waals surface area contributed by atoms with Crippen LogP contribution in [0.25, 0.3) is 0 Å². The van der Waals surface area contributed by atoms with Crippen molar-refractivity contribution in [1.29, 1.82) is 0 Å². The van der Waals surface area contributed by atoms with Gasteiger partial charge in [-0.3, -0.25) is 0 Å². The van der Waals surface area contributed by atoms with Crippen LogP contribution in [0.2, 0.25) is 5.02 Å². The van der Waals surface area contributed by atoms with E-state index in [0.717, 1.165) is 5.69 Å². The van der Waals surface area contributed by atoms with E-state index in [1.807, 2.05) is 26.0 Å². The van der Waals surface area contributed by atoms with Crippen LogP contribution in [0.1, 0.15) is 20.3 Å². The number of methoxy groups -OCH3 is 2. The van der Waals surface area contributed by atoms with Gasteiger partial charge < -0.3 is 14.8 Å². The molecular formula is C14H20ClNO3. The number of benzene rings is 1. The average molecular weight is 286 g/mol. The van der Waals surface area contributed by atoms with Gasteiger partial charge in [-0.2, -0.15) is 0 Å². The minimum Gasteiger partial charge on any atom is -0.467 e. The van der Waals surface area contributed by atoms with E-state index in [-0.39, 0.29) is 5.97 Å². The third kappa shape index (κ3) is 5.09. The van der Waals surface area contributed by atoms with E-state index in [1.165, 1.54) is 7.11 Å².